The molecule has 0 saturated carbocycles. The fourth-order valence-corrected chi connectivity index (χ4v) is 2.88. The molecule has 3 heterocycles. The molecule has 0 aliphatic carbocycles. The first-order valence-corrected chi connectivity index (χ1v) is 7.66. The molecule has 0 fully saturated rings. The Labute approximate surface area is 140 Å². The highest BCUT2D eigenvalue weighted by Crippen LogP contribution is 2.39. The van der Waals surface area contributed by atoms with Crippen molar-refractivity contribution in [3.63, 3.8) is 0 Å². The fraction of sp³-hybridized carbons (Fsp3) is 0.375. The molecule has 0 saturated heterocycles. The Morgan fingerprint density at radius 1 is 1.12 bits per heavy atom. The lowest BCUT2D eigenvalue weighted by atomic mass is 9.77. The third kappa shape index (κ3) is 2.49. The number of aliphatic hydroxyl groups excluding tert-OH is 1. The van der Waals surface area contributed by atoms with Crippen LogP contribution in [0.15, 0.2) is 43.2 Å². The van der Waals surface area contributed by atoms with E-state index in [9.17, 15) is 5.11 Å². The molecule has 1 atom stereocenters. The van der Waals surface area contributed by atoms with E-state index < -0.39 is 11.1 Å². The van der Waals surface area contributed by atoms with E-state index in [2.05, 4.69) is 30.6 Å². The number of aromatic nitrogens is 5. The number of fused-ring (bicyclic) bond motifs is 1. The van der Waals surface area contributed by atoms with Gasteiger partial charge in [-0.1, -0.05) is 13.8 Å². The summed E-state index contributed by atoms with van der Waals surface area (Å²) in [5, 5.41) is 16.7. The Bertz CT molecular complexity index is 817. The molecular formula is C16H21N7O. The van der Waals surface area contributed by atoms with Crippen molar-refractivity contribution < 1.29 is 5.11 Å². The molecule has 0 aliphatic heterocycles. The molecule has 0 bridgehead atoms. The monoisotopic (exact) mass is 327 g/mol. The number of anilines is 1. The van der Waals surface area contributed by atoms with Crippen LogP contribution in [-0.2, 0) is 5.66 Å². The second-order valence-corrected chi connectivity index (χ2v) is 6.19. The van der Waals surface area contributed by atoms with Crippen molar-refractivity contribution in [2.75, 3.05) is 19.0 Å². The smallest absolute Gasteiger partial charge is 0.224 e. The van der Waals surface area contributed by atoms with E-state index in [0.717, 1.165) is 11.3 Å². The summed E-state index contributed by atoms with van der Waals surface area (Å²) in [6, 6.07) is 1.75. The van der Waals surface area contributed by atoms with Gasteiger partial charge in [0, 0.05) is 30.2 Å². The Morgan fingerprint density at radius 3 is 2.54 bits per heavy atom. The molecule has 3 N–H and O–H groups in total. The minimum absolute atomic E-state index is 0.0635. The first kappa shape index (κ1) is 16.3. The zero-order valence-electron chi connectivity index (χ0n) is 13.9. The van der Waals surface area contributed by atoms with Crippen molar-refractivity contribution in [3.05, 3.63) is 48.9 Å². The Balaban J connectivity index is 2.21. The lowest BCUT2D eigenvalue weighted by Crippen LogP contribution is -2.59. The van der Waals surface area contributed by atoms with Crippen molar-refractivity contribution in [2.24, 2.45) is 5.41 Å². The molecule has 126 valence electrons. The van der Waals surface area contributed by atoms with Crippen molar-refractivity contribution in [3.8, 4) is 0 Å². The number of rotatable bonds is 6. The van der Waals surface area contributed by atoms with Crippen LogP contribution in [-0.4, -0.2) is 43.1 Å². The van der Waals surface area contributed by atoms with Gasteiger partial charge in [-0.25, -0.2) is 15.0 Å². The number of hydrogen-bond acceptors (Lipinski definition) is 7. The minimum atomic E-state index is -0.857. The van der Waals surface area contributed by atoms with Crippen LogP contribution in [0, 0.1) is 5.41 Å². The zero-order valence-corrected chi connectivity index (χ0v) is 13.9. The lowest BCUT2D eigenvalue weighted by molar-refractivity contribution is 0.0630. The van der Waals surface area contributed by atoms with Crippen LogP contribution >= 0.6 is 0 Å². The first-order valence-electron chi connectivity index (χ1n) is 7.66. The normalized spacial score (nSPS) is 14.5. The molecule has 8 heteroatoms. The predicted octanol–water partition coefficient (Wildman–Crippen LogP) is 1.02. The molecular weight excluding hydrogens is 306 g/mol. The van der Waals surface area contributed by atoms with Gasteiger partial charge < -0.3 is 10.4 Å². The highest BCUT2D eigenvalue weighted by atomic mass is 16.3. The van der Waals surface area contributed by atoms with Gasteiger partial charge in [0.15, 0.2) is 5.65 Å². The maximum absolute atomic E-state index is 10.0. The Hall–Kier alpha value is -2.58. The number of nitrogens with one attached hydrogen (secondary N) is 2. The van der Waals surface area contributed by atoms with Gasteiger partial charge in [-0.2, -0.15) is 0 Å². The molecule has 0 radical (unpaired) electrons. The van der Waals surface area contributed by atoms with Gasteiger partial charge in [0.1, 0.15) is 5.66 Å². The zero-order chi connectivity index (χ0) is 17.2. The maximum atomic E-state index is 10.0. The van der Waals surface area contributed by atoms with Gasteiger partial charge in [0.25, 0.3) is 0 Å². The van der Waals surface area contributed by atoms with Crippen molar-refractivity contribution >= 4 is 11.6 Å². The number of nitrogens with zero attached hydrogens (tertiary/aromatic N) is 5. The molecule has 3 aromatic rings. The highest BCUT2D eigenvalue weighted by Gasteiger charge is 2.48. The van der Waals surface area contributed by atoms with E-state index in [-0.39, 0.29) is 6.61 Å². The van der Waals surface area contributed by atoms with E-state index in [1.807, 2.05) is 31.5 Å². The number of imidazole rings is 1. The average molecular weight is 327 g/mol. The summed E-state index contributed by atoms with van der Waals surface area (Å²) in [6.45, 7) is 3.85. The molecule has 24 heavy (non-hydrogen) atoms. The molecule has 1 unspecified atom stereocenters. The van der Waals surface area contributed by atoms with Gasteiger partial charge in [-0.3, -0.25) is 14.7 Å². The summed E-state index contributed by atoms with van der Waals surface area (Å²) in [5.74, 6) is 0.456. The maximum Gasteiger partial charge on any atom is 0.224 e. The largest absolute Gasteiger partial charge is 0.396 e. The van der Waals surface area contributed by atoms with Crippen molar-refractivity contribution in [1.29, 1.82) is 0 Å². The van der Waals surface area contributed by atoms with Gasteiger partial charge in [0.2, 0.25) is 5.95 Å². The third-order valence-corrected chi connectivity index (χ3v) is 4.35. The van der Waals surface area contributed by atoms with E-state index in [1.165, 1.54) is 0 Å². The van der Waals surface area contributed by atoms with Crippen LogP contribution < -0.4 is 10.6 Å². The molecule has 0 spiro atoms. The molecule has 8 nitrogen and oxygen atoms in total. The second-order valence-electron chi connectivity index (χ2n) is 6.19. The SMILES string of the molecule is CNC(Nc1ncccn1)(c1cnc2cnccn12)C(C)(C)CO. The molecule has 3 aromatic heterocycles. The third-order valence-electron chi connectivity index (χ3n) is 4.35. The van der Waals surface area contributed by atoms with E-state index in [4.69, 9.17) is 0 Å². The van der Waals surface area contributed by atoms with Gasteiger partial charge in [0.05, 0.1) is 24.7 Å². The number of hydrogen-bond donors (Lipinski definition) is 3. The summed E-state index contributed by atoms with van der Waals surface area (Å²) in [7, 11) is 1.83. The van der Waals surface area contributed by atoms with Gasteiger partial charge in [-0.15, -0.1) is 0 Å². The molecule has 3 rings (SSSR count). The first-order chi connectivity index (χ1) is 11.5. The number of aliphatic hydroxyl groups is 1. The fourth-order valence-electron chi connectivity index (χ4n) is 2.88. The summed E-state index contributed by atoms with van der Waals surface area (Å²) in [4.78, 5) is 17.0. The summed E-state index contributed by atoms with van der Waals surface area (Å²) in [6.07, 6.45) is 10.3. The van der Waals surface area contributed by atoms with Crippen LogP contribution in [0.2, 0.25) is 0 Å². The standard InChI is InChI=1S/C16H21N7O/c1-15(2,11-24)16(17-3,22-14-19-5-4-6-20-14)12-9-21-13-10-18-7-8-23(12)13/h4-10,17,24H,11H2,1-3H3,(H,19,20,22). The van der Waals surface area contributed by atoms with Crippen LogP contribution in [0.3, 0.4) is 0 Å². The van der Waals surface area contributed by atoms with E-state index >= 15 is 0 Å². The van der Waals surface area contributed by atoms with E-state index in [0.29, 0.717) is 5.95 Å². The topological polar surface area (TPSA) is 100 Å². The Kier molecular flexibility index (Phi) is 4.16. The summed E-state index contributed by atoms with van der Waals surface area (Å²) >= 11 is 0. The average Bonchev–Trinajstić information content (AvgIpc) is 3.05. The molecule has 0 aromatic carbocycles. The van der Waals surface area contributed by atoms with Gasteiger partial charge in [-0.05, 0) is 13.1 Å². The summed E-state index contributed by atoms with van der Waals surface area (Å²) < 4.78 is 1.93. The second kappa shape index (κ2) is 6.14. The van der Waals surface area contributed by atoms with Crippen LogP contribution in [0.4, 0.5) is 5.95 Å². The van der Waals surface area contributed by atoms with Crippen molar-refractivity contribution in [2.45, 2.75) is 19.5 Å². The van der Waals surface area contributed by atoms with Gasteiger partial charge >= 0.3 is 0 Å². The quantitative estimate of drug-likeness (QED) is 0.581. The van der Waals surface area contributed by atoms with Crippen LogP contribution in [0.5, 0.6) is 0 Å². The lowest BCUT2D eigenvalue weighted by Gasteiger charge is -2.45. The highest BCUT2D eigenvalue weighted by molar-refractivity contribution is 5.43. The van der Waals surface area contributed by atoms with Crippen LogP contribution in [0.25, 0.3) is 5.65 Å². The predicted molar refractivity (Wildman–Crippen MR) is 90.2 cm³/mol. The van der Waals surface area contributed by atoms with E-state index in [1.54, 1.807) is 37.1 Å². The summed E-state index contributed by atoms with van der Waals surface area (Å²) in [5.41, 5.74) is 0.0925. The van der Waals surface area contributed by atoms with Crippen molar-refractivity contribution in [1.82, 2.24) is 29.7 Å². The molecule has 0 amide bonds. The minimum Gasteiger partial charge on any atom is -0.396 e. The van der Waals surface area contributed by atoms with Crippen LogP contribution in [0.1, 0.15) is 19.5 Å². The Morgan fingerprint density at radius 2 is 1.88 bits per heavy atom. The molecule has 0 aliphatic rings.